The number of aromatic amines is 1. The molecule has 0 bridgehead atoms. The van der Waals surface area contributed by atoms with Gasteiger partial charge >= 0.3 is 0 Å². The number of rotatable bonds is 9. The summed E-state index contributed by atoms with van der Waals surface area (Å²) in [4.78, 5) is 18.3. The first-order valence-corrected chi connectivity index (χ1v) is 7.13. The molecule has 1 aromatic rings. The first-order chi connectivity index (χ1) is 9.21. The molecule has 0 aliphatic rings. The maximum atomic E-state index is 11.8. The Morgan fingerprint density at radius 3 is 2.68 bits per heavy atom. The van der Waals surface area contributed by atoms with Gasteiger partial charge in [-0.1, -0.05) is 20.8 Å². The Hall–Kier alpha value is -1.43. The van der Waals surface area contributed by atoms with Crippen molar-refractivity contribution in [2.75, 3.05) is 26.2 Å². The lowest BCUT2D eigenvalue weighted by Crippen LogP contribution is -2.30. The number of carbonyl (C=O) groups is 1. The van der Waals surface area contributed by atoms with Crippen molar-refractivity contribution < 1.29 is 4.79 Å². The number of aromatic nitrogens is 3. The lowest BCUT2D eigenvalue weighted by molar-refractivity contribution is 0.0942. The van der Waals surface area contributed by atoms with Crippen molar-refractivity contribution in [2.45, 2.75) is 40.0 Å². The van der Waals surface area contributed by atoms with Gasteiger partial charge in [0.05, 0.1) is 0 Å². The smallest absolute Gasteiger partial charge is 0.290 e. The van der Waals surface area contributed by atoms with E-state index < -0.39 is 0 Å². The van der Waals surface area contributed by atoms with E-state index >= 15 is 0 Å². The number of aryl methyl sites for hydroxylation is 1. The summed E-state index contributed by atoms with van der Waals surface area (Å²) in [6, 6.07) is 0. The molecule has 0 aromatic carbocycles. The van der Waals surface area contributed by atoms with Gasteiger partial charge in [0.2, 0.25) is 5.82 Å². The fourth-order valence-electron chi connectivity index (χ4n) is 1.87. The highest BCUT2D eigenvalue weighted by Gasteiger charge is 2.11. The molecule has 6 heteroatoms. The molecular formula is C13H25N5O. The van der Waals surface area contributed by atoms with Gasteiger partial charge in [-0.15, -0.1) is 5.10 Å². The minimum Gasteiger partial charge on any atom is -0.349 e. The minimum atomic E-state index is -0.196. The largest absolute Gasteiger partial charge is 0.349 e. The highest BCUT2D eigenvalue weighted by Crippen LogP contribution is 1.96. The molecule has 1 heterocycles. The van der Waals surface area contributed by atoms with Crippen LogP contribution in [0.5, 0.6) is 0 Å². The number of hydrogen-bond acceptors (Lipinski definition) is 4. The van der Waals surface area contributed by atoms with Crippen LogP contribution in [0.15, 0.2) is 0 Å². The van der Waals surface area contributed by atoms with Crippen LogP contribution < -0.4 is 5.32 Å². The van der Waals surface area contributed by atoms with E-state index in [1.807, 2.05) is 0 Å². The van der Waals surface area contributed by atoms with Gasteiger partial charge in [0.25, 0.3) is 5.91 Å². The molecule has 0 aliphatic carbocycles. The van der Waals surface area contributed by atoms with Crippen molar-refractivity contribution in [3.05, 3.63) is 11.6 Å². The zero-order valence-corrected chi connectivity index (χ0v) is 12.2. The van der Waals surface area contributed by atoms with E-state index in [-0.39, 0.29) is 11.7 Å². The molecule has 0 aliphatic heterocycles. The Morgan fingerprint density at radius 2 is 2.05 bits per heavy atom. The van der Waals surface area contributed by atoms with E-state index in [0.29, 0.717) is 6.54 Å². The van der Waals surface area contributed by atoms with Gasteiger partial charge in [0.1, 0.15) is 5.82 Å². The molecule has 0 atom stereocenters. The quantitative estimate of drug-likeness (QED) is 0.660. The van der Waals surface area contributed by atoms with Crippen LogP contribution in [0.4, 0.5) is 0 Å². The maximum absolute atomic E-state index is 11.8. The Kier molecular flexibility index (Phi) is 7.10. The molecule has 0 spiro atoms. The number of carbonyl (C=O) groups excluding carboxylic acids is 1. The summed E-state index contributed by atoms with van der Waals surface area (Å²) in [6.07, 6.45) is 2.75. The van der Waals surface area contributed by atoms with Crippen molar-refractivity contribution in [3.8, 4) is 0 Å². The molecule has 6 nitrogen and oxygen atoms in total. The number of hydrogen-bond donors (Lipinski definition) is 2. The van der Waals surface area contributed by atoms with Gasteiger partial charge < -0.3 is 10.2 Å². The monoisotopic (exact) mass is 267 g/mol. The predicted octanol–water partition coefficient (Wildman–Crippen LogP) is 1.22. The zero-order chi connectivity index (χ0) is 14.1. The standard InChI is InChI=1S/C13H25N5O/c1-4-8-11-15-12(17-16-11)13(19)14-9-7-10-18(5-2)6-3/h4-10H2,1-3H3,(H,14,19)(H,15,16,17). The lowest BCUT2D eigenvalue weighted by Gasteiger charge is -2.17. The minimum absolute atomic E-state index is 0.196. The first kappa shape index (κ1) is 15.6. The SMILES string of the molecule is CCCc1nc(C(=O)NCCCN(CC)CC)n[nH]1. The Balaban J connectivity index is 2.26. The van der Waals surface area contributed by atoms with E-state index in [0.717, 1.165) is 44.7 Å². The number of nitrogens with one attached hydrogen (secondary N) is 2. The average Bonchev–Trinajstić information content (AvgIpc) is 2.88. The van der Waals surface area contributed by atoms with Crippen LogP contribution in [0.2, 0.25) is 0 Å². The summed E-state index contributed by atoms with van der Waals surface area (Å²) >= 11 is 0. The van der Waals surface area contributed by atoms with Crippen molar-refractivity contribution in [1.29, 1.82) is 0 Å². The van der Waals surface area contributed by atoms with Gasteiger partial charge in [-0.3, -0.25) is 9.89 Å². The molecule has 1 amide bonds. The van der Waals surface area contributed by atoms with Crippen molar-refractivity contribution in [2.24, 2.45) is 0 Å². The third-order valence-electron chi connectivity index (χ3n) is 3.05. The van der Waals surface area contributed by atoms with Gasteiger partial charge in [0, 0.05) is 13.0 Å². The fraction of sp³-hybridized carbons (Fsp3) is 0.769. The molecule has 1 aromatic heterocycles. The van der Waals surface area contributed by atoms with Crippen LogP contribution in [0.25, 0.3) is 0 Å². The van der Waals surface area contributed by atoms with Crippen LogP contribution in [0, 0.1) is 0 Å². The average molecular weight is 267 g/mol. The topological polar surface area (TPSA) is 73.9 Å². The predicted molar refractivity (Wildman–Crippen MR) is 75.1 cm³/mol. The summed E-state index contributed by atoms with van der Waals surface area (Å²) in [7, 11) is 0. The second-order valence-electron chi connectivity index (χ2n) is 4.49. The van der Waals surface area contributed by atoms with Crippen molar-refractivity contribution >= 4 is 5.91 Å². The lowest BCUT2D eigenvalue weighted by atomic mass is 10.3. The van der Waals surface area contributed by atoms with Gasteiger partial charge in [0.15, 0.2) is 0 Å². The number of amides is 1. The van der Waals surface area contributed by atoms with Crippen LogP contribution in [-0.2, 0) is 6.42 Å². The normalized spacial score (nSPS) is 10.9. The molecule has 1 rings (SSSR count). The second kappa shape index (κ2) is 8.63. The highest BCUT2D eigenvalue weighted by molar-refractivity contribution is 5.90. The third-order valence-corrected chi connectivity index (χ3v) is 3.05. The Bertz CT molecular complexity index is 373. The van der Waals surface area contributed by atoms with Crippen molar-refractivity contribution in [3.63, 3.8) is 0 Å². The molecule has 0 saturated carbocycles. The zero-order valence-electron chi connectivity index (χ0n) is 12.2. The van der Waals surface area contributed by atoms with E-state index in [2.05, 4.69) is 46.2 Å². The Morgan fingerprint density at radius 1 is 1.32 bits per heavy atom. The van der Waals surface area contributed by atoms with E-state index in [4.69, 9.17) is 0 Å². The van der Waals surface area contributed by atoms with E-state index in [1.165, 1.54) is 0 Å². The summed E-state index contributed by atoms with van der Waals surface area (Å²) in [5, 5.41) is 9.55. The molecule has 2 N–H and O–H groups in total. The summed E-state index contributed by atoms with van der Waals surface area (Å²) in [5.41, 5.74) is 0. The van der Waals surface area contributed by atoms with E-state index in [9.17, 15) is 4.79 Å². The van der Waals surface area contributed by atoms with Gasteiger partial charge in [-0.2, -0.15) is 0 Å². The third kappa shape index (κ3) is 5.38. The van der Waals surface area contributed by atoms with E-state index in [1.54, 1.807) is 0 Å². The summed E-state index contributed by atoms with van der Waals surface area (Å²) in [6.45, 7) is 10.1. The summed E-state index contributed by atoms with van der Waals surface area (Å²) < 4.78 is 0. The fourth-order valence-corrected chi connectivity index (χ4v) is 1.87. The van der Waals surface area contributed by atoms with Gasteiger partial charge in [-0.25, -0.2) is 4.98 Å². The number of nitrogens with zero attached hydrogens (tertiary/aromatic N) is 3. The number of H-pyrrole nitrogens is 1. The highest BCUT2D eigenvalue weighted by atomic mass is 16.2. The molecule has 0 unspecified atom stereocenters. The van der Waals surface area contributed by atoms with Crippen LogP contribution in [0.1, 0.15) is 50.1 Å². The molecule has 0 fully saturated rings. The maximum Gasteiger partial charge on any atom is 0.290 e. The van der Waals surface area contributed by atoms with Gasteiger partial charge in [-0.05, 0) is 32.5 Å². The molecule has 19 heavy (non-hydrogen) atoms. The molecule has 108 valence electrons. The Labute approximate surface area is 115 Å². The van der Waals surface area contributed by atoms with Crippen molar-refractivity contribution in [1.82, 2.24) is 25.4 Å². The second-order valence-corrected chi connectivity index (χ2v) is 4.49. The molecule has 0 radical (unpaired) electrons. The molecular weight excluding hydrogens is 242 g/mol. The van der Waals surface area contributed by atoms with Crippen LogP contribution in [0.3, 0.4) is 0 Å². The molecule has 0 saturated heterocycles. The van der Waals surface area contributed by atoms with Crippen LogP contribution in [-0.4, -0.2) is 52.2 Å². The first-order valence-electron chi connectivity index (χ1n) is 7.13. The van der Waals surface area contributed by atoms with Crippen LogP contribution >= 0.6 is 0 Å². The summed E-state index contributed by atoms with van der Waals surface area (Å²) in [5.74, 6) is 0.820.